The Morgan fingerprint density at radius 1 is 1.20 bits per heavy atom. The van der Waals surface area contributed by atoms with Crippen molar-refractivity contribution >= 4 is 57.8 Å². The molecule has 208 valence electrons. The van der Waals surface area contributed by atoms with Crippen LogP contribution in [-0.2, 0) is 4.79 Å². The predicted molar refractivity (Wildman–Crippen MR) is 152 cm³/mol. The minimum absolute atomic E-state index is 0.0472. The number of amides is 2. The first-order valence-corrected chi connectivity index (χ1v) is 14.3. The van der Waals surface area contributed by atoms with Gasteiger partial charge in [0.05, 0.1) is 29.5 Å². The highest BCUT2D eigenvalue weighted by Gasteiger charge is 2.40. The lowest BCUT2D eigenvalue weighted by molar-refractivity contribution is -0.135. The molecular formula is C27H28ClFN8O2S. The van der Waals surface area contributed by atoms with E-state index in [2.05, 4.69) is 26.5 Å². The smallest absolute Gasteiger partial charge is 0.255 e. The SMILES string of the molecule is CC.N#CC1CCN(C(=O)C(NC(=O)c2cn(SF)c3ncc(-n4ncc5cc(Cl)ccc54)nc23)C2CC2)CC1. The average Bonchev–Trinajstić information content (AvgIpc) is 3.64. The van der Waals surface area contributed by atoms with Crippen molar-refractivity contribution in [2.45, 2.75) is 45.6 Å². The molecule has 1 unspecified atom stereocenters. The van der Waals surface area contributed by atoms with Gasteiger partial charge in [-0.05, 0) is 49.8 Å². The summed E-state index contributed by atoms with van der Waals surface area (Å²) in [5.41, 5.74) is 1.23. The van der Waals surface area contributed by atoms with Crippen LogP contribution in [0, 0.1) is 23.2 Å². The lowest BCUT2D eigenvalue weighted by Crippen LogP contribution is -2.51. The topological polar surface area (TPSA) is 122 Å². The van der Waals surface area contributed by atoms with E-state index in [4.69, 9.17) is 16.9 Å². The van der Waals surface area contributed by atoms with Gasteiger partial charge in [0.2, 0.25) is 5.91 Å². The number of carbonyl (C=O) groups excluding carboxylic acids is 2. The number of benzene rings is 1. The Morgan fingerprint density at radius 3 is 2.62 bits per heavy atom. The Balaban J connectivity index is 0.00000158. The van der Waals surface area contributed by atoms with Crippen molar-refractivity contribution in [3.8, 4) is 11.9 Å². The summed E-state index contributed by atoms with van der Waals surface area (Å²) in [5, 5.41) is 17.8. The lowest BCUT2D eigenvalue weighted by Gasteiger charge is -2.32. The highest BCUT2D eigenvalue weighted by molar-refractivity contribution is 7.92. The number of aromatic nitrogens is 5. The van der Waals surface area contributed by atoms with Crippen molar-refractivity contribution in [3.05, 3.63) is 47.4 Å². The number of carbonyl (C=O) groups is 2. The van der Waals surface area contributed by atoms with Gasteiger partial charge in [0.25, 0.3) is 5.91 Å². The molecule has 1 N–H and O–H groups in total. The van der Waals surface area contributed by atoms with Crippen molar-refractivity contribution in [3.63, 3.8) is 0 Å². The summed E-state index contributed by atoms with van der Waals surface area (Å²) >= 11 is 6.00. The second-order valence-corrected chi connectivity index (χ2v) is 10.6. The van der Waals surface area contributed by atoms with E-state index in [1.165, 1.54) is 12.4 Å². The maximum absolute atomic E-state index is 13.8. The summed E-state index contributed by atoms with van der Waals surface area (Å²) in [6.45, 7) is 4.98. The lowest BCUT2D eigenvalue weighted by atomic mass is 9.97. The molecule has 13 heteroatoms. The van der Waals surface area contributed by atoms with Crippen molar-refractivity contribution < 1.29 is 13.5 Å². The zero-order valence-corrected chi connectivity index (χ0v) is 23.6. The van der Waals surface area contributed by atoms with E-state index < -0.39 is 11.9 Å². The van der Waals surface area contributed by atoms with Gasteiger partial charge in [-0.25, -0.2) is 18.6 Å². The molecule has 2 amide bonds. The highest BCUT2D eigenvalue weighted by atomic mass is 35.5. The Kier molecular flexibility index (Phi) is 8.23. The third kappa shape index (κ3) is 5.36. The van der Waals surface area contributed by atoms with Crippen LogP contribution < -0.4 is 5.32 Å². The quantitative estimate of drug-likeness (QED) is 0.335. The molecule has 1 aliphatic heterocycles. The number of fused-ring (bicyclic) bond motifs is 2. The zero-order chi connectivity index (χ0) is 28.4. The van der Waals surface area contributed by atoms with Crippen LogP contribution in [0.4, 0.5) is 3.89 Å². The van der Waals surface area contributed by atoms with Gasteiger partial charge in [0, 0.05) is 35.6 Å². The fourth-order valence-electron chi connectivity index (χ4n) is 4.92. The van der Waals surface area contributed by atoms with Crippen molar-refractivity contribution in [2.24, 2.45) is 11.8 Å². The number of piperidine rings is 1. The van der Waals surface area contributed by atoms with Crippen LogP contribution in [0.2, 0.25) is 5.02 Å². The molecule has 2 fully saturated rings. The van der Waals surface area contributed by atoms with E-state index in [1.54, 1.807) is 34.0 Å². The number of hydrogen-bond donors (Lipinski definition) is 1. The zero-order valence-electron chi connectivity index (χ0n) is 22.0. The Labute approximate surface area is 239 Å². The van der Waals surface area contributed by atoms with Crippen molar-refractivity contribution in [2.75, 3.05) is 13.1 Å². The van der Waals surface area contributed by atoms with Gasteiger partial charge < -0.3 is 10.2 Å². The third-order valence-corrected chi connectivity index (χ3v) is 7.81. The summed E-state index contributed by atoms with van der Waals surface area (Å²) in [4.78, 5) is 37.5. The van der Waals surface area contributed by atoms with Gasteiger partial charge in [-0.15, -0.1) is 3.89 Å². The Morgan fingerprint density at radius 2 is 1.95 bits per heavy atom. The second kappa shape index (κ2) is 11.8. The minimum atomic E-state index is -0.687. The third-order valence-electron chi connectivity index (χ3n) is 7.15. The molecule has 2 aliphatic rings. The molecule has 4 aromatic rings. The number of rotatable bonds is 6. The number of halogens is 2. The molecule has 0 radical (unpaired) electrons. The van der Waals surface area contributed by atoms with Crippen molar-refractivity contribution in [1.29, 1.82) is 5.26 Å². The molecule has 0 spiro atoms. The number of nitrogens with one attached hydrogen (secondary N) is 1. The first-order valence-electron chi connectivity index (χ1n) is 13.3. The molecule has 6 rings (SSSR count). The van der Waals surface area contributed by atoms with Gasteiger partial charge in [-0.1, -0.05) is 25.4 Å². The van der Waals surface area contributed by atoms with Crippen LogP contribution in [0.25, 0.3) is 27.9 Å². The molecule has 10 nitrogen and oxygen atoms in total. The molecule has 1 atom stereocenters. The van der Waals surface area contributed by atoms with Crippen LogP contribution in [0.1, 0.15) is 49.9 Å². The second-order valence-electron chi connectivity index (χ2n) is 9.61. The number of hydrogen-bond acceptors (Lipinski definition) is 7. The Hall–Kier alpha value is -3.69. The summed E-state index contributed by atoms with van der Waals surface area (Å²) in [6, 6.07) is 6.90. The fourth-order valence-corrected chi connectivity index (χ4v) is 5.44. The molecular weight excluding hydrogens is 555 g/mol. The standard InChI is InChI=1S/C25H22ClFN8O2S.C2H6/c26-17-3-4-19-16(9-17)11-30-35(19)20-12-29-23-22(31-20)18(13-34(23)38-27)24(36)32-21(15-1-2-15)25(37)33-7-5-14(10-28)6-8-33;1-2/h3-4,9,11-15,21H,1-2,5-8H2,(H,32,36);1-2H3. The molecule has 1 saturated carbocycles. The van der Waals surface area contributed by atoms with Crippen molar-refractivity contribution in [1.82, 2.24) is 33.9 Å². The van der Waals surface area contributed by atoms with Crippen LogP contribution in [0.3, 0.4) is 0 Å². The van der Waals surface area contributed by atoms with E-state index >= 15 is 0 Å². The average molecular weight is 583 g/mol. The predicted octanol–water partition coefficient (Wildman–Crippen LogP) is 5.10. The minimum Gasteiger partial charge on any atom is -0.341 e. The summed E-state index contributed by atoms with van der Waals surface area (Å²) in [7, 11) is 0. The molecule has 0 bridgehead atoms. The van der Waals surface area contributed by atoms with E-state index in [1.807, 2.05) is 13.8 Å². The molecule has 1 saturated heterocycles. The number of likely N-dealkylation sites (tertiary alicyclic amines) is 1. The highest BCUT2D eigenvalue weighted by Crippen LogP contribution is 2.35. The van der Waals surface area contributed by atoms with Gasteiger partial charge >= 0.3 is 0 Å². The van der Waals surface area contributed by atoms with E-state index in [-0.39, 0.29) is 46.8 Å². The van der Waals surface area contributed by atoms with Crippen LogP contribution in [-0.4, -0.2) is 59.6 Å². The van der Waals surface area contributed by atoms with Crippen LogP contribution >= 0.6 is 23.9 Å². The van der Waals surface area contributed by atoms with E-state index in [9.17, 15) is 13.5 Å². The summed E-state index contributed by atoms with van der Waals surface area (Å²) in [6.07, 6.45) is 7.38. The van der Waals surface area contributed by atoms with Gasteiger partial charge in [-0.2, -0.15) is 10.4 Å². The molecule has 1 aliphatic carbocycles. The number of nitriles is 1. The molecule has 40 heavy (non-hydrogen) atoms. The first kappa shape index (κ1) is 27.9. The first-order chi connectivity index (χ1) is 19.5. The van der Waals surface area contributed by atoms with E-state index in [0.29, 0.717) is 36.8 Å². The normalized spacial score (nSPS) is 16.3. The number of nitrogens with zero attached hydrogens (tertiary/aromatic N) is 7. The maximum Gasteiger partial charge on any atom is 0.255 e. The maximum atomic E-state index is 13.8. The molecule has 4 heterocycles. The Bertz CT molecular complexity index is 1600. The van der Waals surface area contributed by atoms with Crippen LogP contribution in [0.5, 0.6) is 0 Å². The molecule has 1 aromatic carbocycles. The monoisotopic (exact) mass is 582 g/mol. The summed E-state index contributed by atoms with van der Waals surface area (Å²) in [5.74, 6) is -0.319. The fraction of sp³-hybridized carbons (Fsp3) is 0.407. The van der Waals surface area contributed by atoms with Crippen LogP contribution in [0.15, 0.2) is 36.8 Å². The van der Waals surface area contributed by atoms with Gasteiger partial charge in [0.1, 0.15) is 11.6 Å². The largest absolute Gasteiger partial charge is 0.341 e. The summed E-state index contributed by atoms with van der Waals surface area (Å²) < 4.78 is 16.4. The van der Waals surface area contributed by atoms with Gasteiger partial charge in [-0.3, -0.25) is 9.59 Å². The van der Waals surface area contributed by atoms with Gasteiger partial charge in [0.15, 0.2) is 23.8 Å². The van der Waals surface area contributed by atoms with E-state index in [0.717, 1.165) is 27.7 Å². The molecule has 3 aromatic heterocycles.